The molecule has 2 heterocycles. The first-order valence-electron chi connectivity index (χ1n) is 5.15. The van der Waals surface area contributed by atoms with Crippen molar-refractivity contribution in [2.75, 3.05) is 19.7 Å². The topological polar surface area (TPSA) is 36.0 Å². The van der Waals surface area contributed by atoms with Crippen LogP contribution in [-0.4, -0.2) is 47.4 Å². The molecular formula is C10H19NO2. The van der Waals surface area contributed by atoms with Crippen molar-refractivity contribution in [3.8, 4) is 0 Å². The SMILES string of the molecule is CC1(C)C(O)CCN1CCC1CO1. The second kappa shape index (κ2) is 3.23. The van der Waals surface area contributed by atoms with Gasteiger partial charge in [-0.15, -0.1) is 0 Å². The van der Waals surface area contributed by atoms with Crippen LogP contribution in [0.3, 0.4) is 0 Å². The molecule has 0 aromatic rings. The van der Waals surface area contributed by atoms with Gasteiger partial charge in [0.15, 0.2) is 0 Å². The first kappa shape index (κ1) is 9.44. The molecule has 3 heteroatoms. The van der Waals surface area contributed by atoms with Crippen molar-refractivity contribution in [1.82, 2.24) is 4.90 Å². The molecule has 2 unspecified atom stereocenters. The lowest BCUT2D eigenvalue weighted by molar-refractivity contribution is 0.0530. The van der Waals surface area contributed by atoms with E-state index in [1.165, 1.54) is 0 Å². The minimum Gasteiger partial charge on any atom is -0.391 e. The number of hydrogen-bond acceptors (Lipinski definition) is 3. The third kappa shape index (κ3) is 1.87. The number of likely N-dealkylation sites (tertiary alicyclic amines) is 1. The van der Waals surface area contributed by atoms with Crippen LogP contribution < -0.4 is 0 Å². The summed E-state index contributed by atoms with van der Waals surface area (Å²) in [7, 11) is 0. The molecule has 2 fully saturated rings. The van der Waals surface area contributed by atoms with Gasteiger partial charge in [-0.3, -0.25) is 4.90 Å². The lowest BCUT2D eigenvalue weighted by atomic mass is 9.98. The Bertz CT molecular complexity index is 189. The Morgan fingerprint density at radius 1 is 1.54 bits per heavy atom. The second-order valence-electron chi connectivity index (χ2n) is 4.69. The predicted octanol–water partition coefficient (Wildman–Crippen LogP) is 0.620. The Balaban J connectivity index is 1.83. The van der Waals surface area contributed by atoms with Crippen LogP contribution in [-0.2, 0) is 4.74 Å². The lowest BCUT2D eigenvalue weighted by Crippen LogP contribution is -2.45. The average Bonchev–Trinajstić information content (AvgIpc) is 2.83. The number of aliphatic hydroxyl groups is 1. The minimum atomic E-state index is -0.160. The number of aliphatic hydroxyl groups excluding tert-OH is 1. The molecule has 2 saturated heterocycles. The predicted molar refractivity (Wildman–Crippen MR) is 50.6 cm³/mol. The van der Waals surface area contributed by atoms with E-state index in [0.29, 0.717) is 6.10 Å². The average molecular weight is 185 g/mol. The molecule has 0 radical (unpaired) electrons. The van der Waals surface area contributed by atoms with Gasteiger partial charge in [0.2, 0.25) is 0 Å². The summed E-state index contributed by atoms with van der Waals surface area (Å²) in [6, 6.07) is 0. The molecule has 2 atom stereocenters. The quantitative estimate of drug-likeness (QED) is 0.655. The van der Waals surface area contributed by atoms with Crippen molar-refractivity contribution in [2.45, 2.75) is 44.4 Å². The van der Waals surface area contributed by atoms with Crippen LogP contribution >= 0.6 is 0 Å². The van der Waals surface area contributed by atoms with Crippen molar-refractivity contribution in [3.63, 3.8) is 0 Å². The largest absolute Gasteiger partial charge is 0.391 e. The molecule has 2 rings (SSSR count). The molecular weight excluding hydrogens is 166 g/mol. The molecule has 3 nitrogen and oxygen atoms in total. The fourth-order valence-electron chi connectivity index (χ4n) is 2.06. The Hall–Kier alpha value is -0.120. The molecule has 0 aromatic heterocycles. The van der Waals surface area contributed by atoms with Gasteiger partial charge in [0, 0.05) is 18.6 Å². The lowest BCUT2D eigenvalue weighted by Gasteiger charge is -2.33. The molecule has 2 aliphatic heterocycles. The maximum absolute atomic E-state index is 9.74. The highest BCUT2D eigenvalue weighted by molar-refractivity contribution is 4.95. The van der Waals surface area contributed by atoms with Gasteiger partial charge in [0.25, 0.3) is 0 Å². The Kier molecular flexibility index (Phi) is 2.34. The maximum Gasteiger partial charge on any atom is 0.0822 e. The van der Waals surface area contributed by atoms with Crippen LogP contribution in [0.5, 0.6) is 0 Å². The fourth-order valence-corrected chi connectivity index (χ4v) is 2.06. The standard InChI is InChI=1S/C10H19NO2/c1-10(2)9(12)4-6-11(10)5-3-8-7-13-8/h8-9,12H,3-7H2,1-2H3. The van der Waals surface area contributed by atoms with Gasteiger partial charge >= 0.3 is 0 Å². The summed E-state index contributed by atoms with van der Waals surface area (Å²) in [5, 5.41) is 9.74. The van der Waals surface area contributed by atoms with Crippen molar-refractivity contribution in [3.05, 3.63) is 0 Å². The summed E-state index contributed by atoms with van der Waals surface area (Å²) < 4.78 is 5.17. The van der Waals surface area contributed by atoms with E-state index in [4.69, 9.17) is 4.74 Å². The molecule has 0 aromatic carbocycles. The third-order valence-electron chi connectivity index (χ3n) is 3.43. The highest BCUT2D eigenvalue weighted by Gasteiger charge is 2.40. The van der Waals surface area contributed by atoms with Gasteiger partial charge < -0.3 is 9.84 Å². The zero-order valence-electron chi connectivity index (χ0n) is 8.49. The van der Waals surface area contributed by atoms with E-state index in [9.17, 15) is 5.11 Å². The van der Waals surface area contributed by atoms with Gasteiger partial charge in [-0.05, 0) is 26.7 Å². The maximum atomic E-state index is 9.74. The fraction of sp³-hybridized carbons (Fsp3) is 1.00. The van der Waals surface area contributed by atoms with Crippen LogP contribution in [0, 0.1) is 0 Å². The van der Waals surface area contributed by atoms with E-state index in [0.717, 1.165) is 32.5 Å². The van der Waals surface area contributed by atoms with Gasteiger partial charge in [-0.1, -0.05) is 0 Å². The summed E-state index contributed by atoms with van der Waals surface area (Å²) in [4.78, 5) is 2.37. The number of nitrogens with zero attached hydrogens (tertiary/aromatic N) is 1. The van der Waals surface area contributed by atoms with E-state index in [1.54, 1.807) is 0 Å². The first-order valence-corrected chi connectivity index (χ1v) is 5.15. The van der Waals surface area contributed by atoms with E-state index in [-0.39, 0.29) is 11.6 Å². The molecule has 1 N–H and O–H groups in total. The van der Waals surface area contributed by atoms with Crippen LogP contribution in [0.2, 0.25) is 0 Å². The summed E-state index contributed by atoms with van der Waals surface area (Å²) in [5.74, 6) is 0. The van der Waals surface area contributed by atoms with Crippen LogP contribution in [0.4, 0.5) is 0 Å². The summed E-state index contributed by atoms with van der Waals surface area (Å²) in [5.41, 5.74) is -0.0328. The van der Waals surface area contributed by atoms with Gasteiger partial charge in [0.1, 0.15) is 0 Å². The number of ether oxygens (including phenoxy) is 1. The van der Waals surface area contributed by atoms with Gasteiger partial charge in [0.05, 0.1) is 18.8 Å². The monoisotopic (exact) mass is 185 g/mol. The summed E-state index contributed by atoms with van der Waals surface area (Å²) in [6.45, 7) is 7.28. The highest BCUT2D eigenvalue weighted by atomic mass is 16.6. The molecule has 13 heavy (non-hydrogen) atoms. The Morgan fingerprint density at radius 2 is 2.23 bits per heavy atom. The Labute approximate surface area is 79.7 Å². The Morgan fingerprint density at radius 3 is 2.69 bits per heavy atom. The van der Waals surface area contributed by atoms with Gasteiger partial charge in [-0.25, -0.2) is 0 Å². The van der Waals surface area contributed by atoms with E-state index in [2.05, 4.69) is 18.7 Å². The molecule has 0 spiro atoms. The molecule has 2 aliphatic rings. The first-order chi connectivity index (χ1) is 6.10. The van der Waals surface area contributed by atoms with Crippen molar-refractivity contribution < 1.29 is 9.84 Å². The highest BCUT2D eigenvalue weighted by Crippen LogP contribution is 2.29. The van der Waals surface area contributed by atoms with Crippen LogP contribution in [0.15, 0.2) is 0 Å². The molecule has 0 aliphatic carbocycles. The van der Waals surface area contributed by atoms with E-state index >= 15 is 0 Å². The number of epoxide rings is 1. The summed E-state index contributed by atoms with van der Waals surface area (Å²) in [6.07, 6.45) is 2.38. The van der Waals surface area contributed by atoms with E-state index < -0.39 is 0 Å². The smallest absolute Gasteiger partial charge is 0.0822 e. The van der Waals surface area contributed by atoms with Crippen LogP contribution in [0.25, 0.3) is 0 Å². The number of hydrogen-bond donors (Lipinski definition) is 1. The minimum absolute atomic E-state index is 0.0328. The normalized spacial score (nSPS) is 38.1. The molecule has 0 bridgehead atoms. The zero-order valence-corrected chi connectivity index (χ0v) is 8.49. The molecule has 0 saturated carbocycles. The van der Waals surface area contributed by atoms with Crippen molar-refractivity contribution >= 4 is 0 Å². The van der Waals surface area contributed by atoms with Gasteiger partial charge in [-0.2, -0.15) is 0 Å². The van der Waals surface area contributed by atoms with Crippen molar-refractivity contribution in [1.29, 1.82) is 0 Å². The van der Waals surface area contributed by atoms with E-state index in [1.807, 2.05) is 0 Å². The molecule has 76 valence electrons. The van der Waals surface area contributed by atoms with Crippen molar-refractivity contribution in [2.24, 2.45) is 0 Å². The second-order valence-corrected chi connectivity index (χ2v) is 4.69. The van der Waals surface area contributed by atoms with Crippen LogP contribution in [0.1, 0.15) is 26.7 Å². The summed E-state index contributed by atoms with van der Waals surface area (Å²) >= 11 is 0. The third-order valence-corrected chi connectivity index (χ3v) is 3.43. The molecule has 0 amide bonds. The zero-order chi connectivity index (χ0) is 9.47. The number of rotatable bonds is 3.